The topological polar surface area (TPSA) is 64.1 Å². The summed E-state index contributed by atoms with van der Waals surface area (Å²) in [6.45, 7) is 2.20. The molecular formula is C12H15N3O2. The lowest BCUT2D eigenvalue weighted by Gasteiger charge is -2.06. The summed E-state index contributed by atoms with van der Waals surface area (Å²) in [5, 5.41) is 17.7. The van der Waals surface area contributed by atoms with Crippen molar-refractivity contribution in [2.75, 3.05) is 0 Å². The predicted molar refractivity (Wildman–Crippen MR) is 60.3 cm³/mol. The molecule has 17 heavy (non-hydrogen) atoms. The second-order valence-corrected chi connectivity index (χ2v) is 4.74. The van der Waals surface area contributed by atoms with E-state index in [1.807, 2.05) is 12.1 Å². The van der Waals surface area contributed by atoms with Gasteiger partial charge >= 0.3 is 0 Å². The molecule has 2 heterocycles. The van der Waals surface area contributed by atoms with Crippen LogP contribution in [-0.4, -0.2) is 20.1 Å². The molecule has 0 bridgehead atoms. The number of hydrogen-bond donors (Lipinski definition) is 1. The fraction of sp³-hybridized carbons (Fsp3) is 0.500. The van der Waals surface area contributed by atoms with Crippen molar-refractivity contribution in [1.82, 2.24) is 15.0 Å². The maximum Gasteiger partial charge on any atom is 0.155 e. The number of furan rings is 1. The summed E-state index contributed by atoms with van der Waals surface area (Å²) in [5.41, 5.74) is 0.634. The molecule has 3 rings (SSSR count). The molecule has 1 fully saturated rings. The number of nitrogens with zero attached hydrogens (tertiary/aromatic N) is 3. The molecule has 0 amide bonds. The third-order valence-electron chi connectivity index (χ3n) is 3.42. The second-order valence-electron chi connectivity index (χ2n) is 4.74. The van der Waals surface area contributed by atoms with E-state index in [0.717, 1.165) is 5.76 Å². The van der Waals surface area contributed by atoms with Crippen molar-refractivity contribution in [3.63, 3.8) is 0 Å². The van der Waals surface area contributed by atoms with E-state index in [2.05, 4.69) is 17.2 Å². The summed E-state index contributed by atoms with van der Waals surface area (Å²) in [5.74, 6) is 2.76. The average Bonchev–Trinajstić information content (AvgIpc) is 2.76. The Labute approximate surface area is 99.1 Å². The Hall–Kier alpha value is -1.62. The Kier molecular flexibility index (Phi) is 2.29. The lowest BCUT2D eigenvalue weighted by Crippen LogP contribution is -2.05. The van der Waals surface area contributed by atoms with E-state index in [1.54, 1.807) is 17.9 Å². The Morgan fingerprint density at radius 1 is 1.53 bits per heavy atom. The molecule has 2 aromatic rings. The number of aromatic nitrogens is 3. The van der Waals surface area contributed by atoms with Gasteiger partial charge in [-0.3, -0.25) is 0 Å². The van der Waals surface area contributed by atoms with Crippen LogP contribution in [0.3, 0.4) is 0 Å². The predicted octanol–water partition coefficient (Wildman–Crippen LogP) is 1.61. The van der Waals surface area contributed by atoms with Crippen LogP contribution in [-0.2, 0) is 7.05 Å². The minimum atomic E-state index is -0.794. The molecule has 3 atom stereocenters. The highest BCUT2D eigenvalue weighted by atomic mass is 16.4. The highest BCUT2D eigenvalue weighted by Gasteiger charge is 2.37. The van der Waals surface area contributed by atoms with Crippen molar-refractivity contribution in [3.05, 3.63) is 35.5 Å². The second kappa shape index (κ2) is 3.70. The van der Waals surface area contributed by atoms with Crippen molar-refractivity contribution in [1.29, 1.82) is 0 Å². The third kappa shape index (κ3) is 1.76. The normalized spacial score (nSPS) is 24.9. The van der Waals surface area contributed by atoms with Gasteiger partial charge in [-0.15, -0.1) is 5.10 Å². The molecule has 0 spiro atoms. The minimum absolute atomic E-state index is 0.528. The van der Waals surface area contributed by atoms with E-state index in [9.17, 15) is 5.11 Å². The standard InChI is InChI=1S/C12H15N3O2/c1-7-5-8(7)10-3-4-11(17-10)12(16)9-6-13-14-15(9)2/h3-4,6-8,12,16H,5H2,1-2H3. The van der Waals surface area contributed by atoms with Crippen molar-refractivity contribution in [2.24, 2.45) is 13.0 Å². The minimum Gasteiger partial charge on any atom is -0.463 e. The van der Waals surface area contributed by atoms with Crippen LogP contribution >= 0.6 is 0 Å². The van der Waals surface area contributed by atoms with Crippen LogP contribution in [0, 0.1) is 5.92 Å². The molecule has 2 aromatic heterocycles. The Balaban J connectivity index is 1.84. The lowest BCUT2D eigenvalue weighted by atomic mass is 10.2. The first-order chi connectivity index (χ1) is 8.16. The molecule has 1 aliphatic carbocycles. The van der Waals surface area contributed by atoms with Crippen LogP contribution < -0.4 is 0 Å². The van der Waals surface area contributed by atoms with Crippen molar-refractivity contribution in [3.8, 4) is 0 Å². The molecule has 90 valence electrons. The van der Waals surface area contributed by atoms with Crippen LogP contribution in [0.4, 0.5) is 0 Å². The zero-order valence-electron chi connectivity index (χ0n) is 9.87. The van der Waals surface area contributed by atoms with Gasteiger partial charge in [-0.05, 0) is 24.5 Å². The third-order valence-corrected chi connectivity index (χ3v) is 3.42. The van der Waals surface area contributed by atoms with Gasteiger partial charge in [0.2, 0.25) is 0 Å². The van der Waals surface area contributed by atoms with Crippen molar-refractivity contribution < 1.29 is 9.52 Å². The molecule has 0 saturated heterocycles. The summed E-state index contributed by atoms with van der Waals surface area (Å²) in [4.78, 5) is 0. The zero-order chi connectivity index (χ0) is 12.0. The van der Waals surface area contributed by atoms with E-state index < -0.39 is 6.10 Å². The van der Waals surface area contributed by atoms with Crippen LogP contribution in [0.15, 0.2) is 22.7 Å². The van der Waals surface area contributed by atoms with Gasteiger partial charge in [0.15, 0.2) is 6.10 Å². The van der Waals surface area contributed by atoms with Crippen molar-refractivity contribution >= 4 is 0 Å². The number of hydrogen-bond acceptors (Lipinski definition) is 4. The quantitative estimate of drug-likeness (QED) is 0.874. The Morgan fingerprint density at radius 2 is 2.29 bits per heavy atom. The maximum absolute atomic E-state index is 10.1. The maximum atomic E-state index is 10.1. The summed E-state index contributed by atoms with van der Waals surface area (Å²) >= 11 is 0. The summed E-state index contributed by atoms with van der Waals surface area (Å²) in [6, 6.07) is 3.79. The SMILES string of the molecule is CC1CC1c1ccc(C(O)c2cnnn2C)o1. The smallest absolute Gasteiger partial charge is 0.155 e. The lowest BCUT2D eigenvalue weighted by molar-refractivity contribution is 0.177. The van der Waals surface area contributed by atoms with E-state index in [1.165, 1.54) is 6.42 Å². The Bertz CT molecular complexity index is 531. The first-order valence-corrected chi connectivity index (χ1v) is 5.79. The van der Waals surface area contributed by atoms with Crippen LogP contribution in [0.1, 0.15) is 42.6 Å². The summed E-state index contributed by atoms with van der Waals surface area (Å²) < 4.78 is 7.25. The molecule has 0 radical (unpaired) electrons. The van der Waals surface area contributed by atoms with E-state index in [-0.39, 0.29) is 0 Å². The molecule has 1 N–H and O–H groups in total. The van der Waals surface area contributed by atoms with Gasteiger partial charge in [0.25, 0.3) is 0 Å². The first kappa shape index (κ1) is 10.5. The van der Waals surface area contributed by atoms with Gasteiger partial charge in [0.1, 0.15) is 11.5 Å². The molecule has 1 saturated carbocycles. The largest absolute Gasteiger partial charge is 0.463 e. The monoisotopic (exact) mass is 233 g/mol. The van der Waals surface area contributed by atoms with E-state index in [0.29, 0.717) is 23.3 Å². The highest BCUT2D eigenvalue weighted by molar-refractivity contribution is 5.22. The van der Waals surface area contributed by atoms with Gasteiger partial charge < -0.3 is 9.52 Å². The molecule has 0 aromatic carbocycles. The van der Waals surface area contributed by atoms with E-state index in [4.69, 9.17) is 4.42 Å². The zero-order valence-corrected chi connectivity index (χ0v) is 9.87. The number of aliphatic hydroxyl groups excluding tert-OH is 1. The fourth-order valence-electron chi connectivity index (χ4n) is 2.12. The molecule has 5 nitrogen and oxygen atoms in total. The van der Waals surface area contributed by atoms with Gasteiger partial charge in [-0.1, -0.05) is 12.1 Å². The molecule has 1 aliphatic rings. The fourth-order valence-corrected chi connectivity index (χ4v) is 2.12. The highest BCUT2D eigenvalue weighted by Crippen LogP contribution is 2.47. The van der Waals surface area contributed by atoms with Crippen LogP contribution in [0.5, 0.6) is 0 Å². The average molecular weight is 233 g/mol. The number of aryl methyl sites for hydroxylation is 1. The van der Waals surface area contributed by atoms with Gasteiger partial charge in [-0.2, -0.15) is 0 Å². The molecule has 3 unspecified atom stereocenters. The number of aliphatic hydroxyl groups is 1. The van der Waals surface area contributed by atoms with Crippen LogP contribution in [0.2, 0.25) is 0 Å². The van der Waals surface area contributed by atoms with Gasteiger partial charge in [0.05, 0.1) is 11.9 Å². The Morgan fingerprint density at radius 3 is 2.88 bits per heavy atom. The first-order valence-electron chi connectivity index (χ1n) is 5.79. The summed E-state index contributed by atoms with van der Waals surface area (Å²) in [6.07, 6.45) is 1.93. The van der Waals surface area contributed by atoms with Crippen LogP contribution in [0.25, 0.3) is 0 Å². The van der Waals surface area contributed by atoms with Gasteiger partial charge in [-0.25, -0.2) is 4.68 Å². The molecular weight excluding hydrogens is 218 g/mol. The van der Waals surface area contributed by atoms with Gasteiger partial charge in [0, 0.05) is 13.0 Å². The molecule has 0 aliphatic heterocycles. The van der Waals surface area contributed by atoms with Crippen molar-refractivity contribution in [2.45, 2.75) is 25.4 Å². The molecule has 5 heteroatoms. The number of rotatable bonds is 3. The van der Waals surface area contributed by atoms with E-state index >= 15 is 0 Å². The summed E-state index contributed by atoms with van der Waals surface area (Å²) in [7, 11) is 1.75.